The fraction of sp³-hybridized carbons (Fsp3) is 0.256. The SMILES string of the molecule is CNC(=O)c1cccc(Oc2cc(N3CCN(Cc4ccccc4-c4ccc(Cl)cc4)CC3)ccc2C(=O)N[S+]([O-])c2ccc(NCCCN(C)C)c([N+](=O)[O-])c2)c1. The second-order valence-corrected chi connectivity index (χ2v) is 15.7. The van der Waals surface area contributed by atoms with Crippen LogP contribution < -0.4 is 25.0 Å². The summed E-state index contributed by atoms with van der Waals surface area (Å²) in [6, 6.07) is 32.2. The quantitative estimate of drug-likeness (QED) is 0.0403. The lowest BCUT2D eigenvalue weighted by molar-refractivity contribution is -0.384. The Morgan fingerprint density at radius 1 is 0.897 bits per heavy atom. The second kappa shape index (κ2) is 19.7. The highest BCUT2D eigenvalue weighted by Gasteiger charge is 2.26. The molecular formula is C43H46ClN7O6S. The van der Waals surface area contributed by atoms with Crippen molar-refractivity contribution >= 4 is 51.8 Å². The number of rotatable bonds is 16. The van der Waals surface area contributed by atoms with E-state index in [0.29, 0.717) is 41.7 Å². The van der Waals surface area contributed by atoms with Crippen LogP contribution in [0.2, 0.25) is 5.02 Å². The van der Waals surface area contributed by atoms with Gasteiger partial charge in [-0.15, -0.1) is 0 Å². The van der Waals surface area contributed by atoms with Crippen LogP contribution in [0.5, 0.6) is 11.5 Å². The maximum atomic E-state index is 13.8. The third kappa shape index (κ3) is 10.8. The Morgan fingerprint density at radius 2 is 1.66 bits per heavy atom. The fourth-order valence-electron chi connectivity index (χ4n) is 6.67. The van der Waals surface area contributed by atoms with E-state index in [-0.39, 0.29) is 27.8 Å². The standard InChI is InChI=1S/C43H46ClN7O6S/c1-45-42(52)31-9-6-10-35(26-31)57-41-27-34(50-24-22-49(23-25-50)29-32-8-4-5-11-37(32)30-12-14-33(44)15-13-30)16-18-38(41)43(53)47-58(56)36-17-19-39(40(28-36)51(54)55)46-20-7-21-48(2)3/h4-6,8-19,26-28,46H,7,20-25,29H2,1-3H3,(H,45,52)(H,47,53). The molecule has 0 aromatic heterocycles. The van der Waals surface area contributed by atoms with Gasteiger partial charge in [0.25, 0.3) is 17.5 Å². The van der Waals surface area contributed by atoms with E-state index in [0.717, 1.165) is 49.4 Å². The van der Waals surface area contributed by atoms with Gasteiger partial charge in [-0.1, -0.05) is 54.1 Å². The summed E-state index contributed by atoms with van der Waals surface area (Å²) in [5.74, 6) is -0.504. The van der Waals surface area contributed by atoms with Crippen molar-refractivity contribution in [3.63, 3.8) is 0 Å². The van der Waals surface area contributed by atoms with E-state index in [1.807, 2.05) is 55.4 Å². The largest absolute Gasteiger partial charge is 0.588 e. The average Bonchev–Trinajstić information content (AvgIpc) is 3.23. The monoisotopic (exact) mass is 823 g/mol. The molecule has 5 aromatic rings. The molecule has 0 radical (unpaired) electrons. The smallest absolute Gasteiger partial charge is 0.297 e. The first-order chi connectivity index (χ1) is 28.0. The van der Waals surface area contributed by atoms with E-state index in [4.69, 9.17) is 16.3 Å². The minimum Gasteiger partial charge on any atom is -0.588 e. The lowest BCUT2D eigenvalue weighted by atomic mass is 9.99. The van der Waals surface area contributed by atoms with Crippen molar-refractivity contribution in [2.75, 3.05) is 70.6 Å². The Labute approximate surface area is 346 Å². The first-order valence-corrected chi connectivity index (χ1v) is 20.4. The molecule has 1 aliphatic heterocycles. The molecule has 0 bridgehead atoms. The Hall–Kier alpha value is -5.64. The normalized spacial score (nSPS) is 13.5. The summed E-state index contributed by atoms with van der Waals surface area (Å²) in [6.45, 7) is 5.09. The lowest BCUT2D eigenvalue weighted by Crippen LogP contribution is -2.46. The number of nitrogens with one attached hydrogen (secondary N) is 3. The molecule has 1 aliphatic rings. The zero-order chi connectivity index (χ0) is 41.2. The van der Waals surface area contributed by atoms with E-state index in [1.165, 1.54) is 30.8 Å². The molecule has 0 spiro atoms. The van der Waals surface area contributed by atoms with Gasteiger partial charge >= 0.3 is 0 Å². The van der Waals surface area contributed by atoms with E-state index in [9.17, 15) is 24.3 Å². The number of hydrogen-bond acceptors (Lipinski definition) is 10. The molecule has 6 rings (SSSR count). The molecule has 1 unspecified atom stereocenters. The van der Waals surface area contributed by atoms with Crippen LogP contribution >= 0.6 is 11.6 Å². The van der Waals surface area contributed by atoms with Crippen LogP contribution in [-0.4, -0.2) is 91.5 Å². The molecule has 0 aliphatic carbocycles. The number of nitro benzene ring substituents is 1. The number of ether oxygens (including phenoxy) is 1. The number of nitro groups is 1. The molecule has 1 heterocycles. The Kier molecular flexibility index (Phi) is 14.2. The zero-order valence-electron chi connectivity index (χ0n) is 32.6. The average molecular weight is 824 g/mol. The van der Waals surface area contributed by atoms with Gasteiger partial charge in [0.2, 0.25) is 0 Å². The second-order valence-electron chi connectivity index (χ2n) is 14.0. The van der Waals surface area contributed by atoms with Crippen molar-refractivity contribution in [1.82, 2.24) is 19.8 Å². The van der Waals surface area contributed by atoms with E-state index < -0.39 is 22.2 Å². The molecule has 302 valence electrons. The van der Waals surface area contributed by atoms with Gasteiger partial charge in [-0.25, -0.2) is 0 Å². The number of piperazine rings is 1. The number of nitrogens with zero attached hydrogens (tertiary/aromatic N) is 4. The van der Waals surface area contributed by atoms with Gasteiger partial charge in [-0.05, 0) is 98.3 Å². The van der Waals surface area contributed by atoms with Crippen molar-refractivity contribution < 1.29 is 23.8 Å². The number of amides is 2. The molecule has 0 saturated carbocycles. The molecule has 13 nitrogen and oxygen atoms in total. The number of carbonyl (C=O) groups is 2. The van der Waals surface area contributed by atoms with Crippen LogP contribution in [0.25, 0.3) is 11.1 Å². The fourth-order valence-corrected chi connectivity index (χ4v) is 7.60. The molecule has 1 saturated heterocycles. The molecule has 1 atom stereocenters. The van der Waals surface area contributed by atoms with Crippen molar-refractivity contribution in [2.24, 2.45) is 0 Å². The molecule has 5 aromatic carbocycles. The third-order valence-electron chi connectivity index (χ3n) is 9.73. The highest BCUT2D eigenvalue weighted by Crippen LogP contribution is 2.33. The number of hydrogen-bond donors (Lipinski definition) is 3. The predicted octanol–water partition coefficient (Wildman–Crippen LogP) is 7.21. The van der Waals surface area contributed by atoms with Crippen molar-refractivity contribution in [3.8, 4) is 22.6 Å². The highest BCUT2D eigenvalue weighted by atomic mass is 35.5. The van der Waals surface area contributed by atoms with Crippen molar-refractivity contribution in [1.29, 1.82) is 0 Å². The number of halogens is 1. The Balaban J connectivity index is 1.19. The van der Waals surface area contributed by atoms with Gasteiger partial charge in [0.1, 0.15) is 28.5 Å². The number of carbonyl (C=O) groups excluding carboxylic acids is 2. The molecule has 58 heavy (non-hydrogen) atoms. The van der Waals surface area contributed by atoms with Gasteiger partial charge < -0.3 is 29.7 Å². The summed E-state index contributed by atoms with van der Waals surface area (Å²) in [7, 11) is 5.43. The molecule has 3 N–H and O–H groups in total. The molecule has 15 heteroatoms. The minimum absolute atomic E-state index is 0.0601. The summed E-state index contributed by atoms with van der Waals surface area (Å²) in [5.41, 5.74) is 4.82. The molecular weight excluding hydrogens is 778 g/mol. The van der Waals surface area contributed by atoms with E-state index >= 15 is 0 Å². The highest BCUT2D eigenvalue weighted by molar-refractivity contribution is 7.90. The topological polar surface area (TPSA) is 155 Å². The lowest BCUT2D eigenvalue weighted by Gasteiger charge is -2.36. The first kappa shape index (κ1) is 42.0. The summed E-state index contributed by atoms with van der Waals surface area (Å²) in [5, 5.41) is 18.3. The summed E-state index contributed by atoms with van der Waals surface area (Å²) < 4.78 is 22.3. The van der Waals surface area contributed by atoms with Gasteiger partial charge in [-0.3, -0.25) is 24.6 Å². The van der Waals surface area contributed by atoms with Crippen LogP contribution in [0.4, 0.5) is 17.1 Å². The maximum Gasteiger partial charge on any atom is 0.297 e. The first-order valence-electron chi connectivity index (χ1n) is 18.8. The Bertz CT molecular complexity index is 2230. The van der Waals surface area contributed by atoms with E-state index in [1.54, 1.807) is 36.4 Å². The summed E-state index contributed by atoms with van der Waals surface area (Å²) in [4.78, 5) is 44.3. The maximum absolute atomic E-state index is 13.8. The Morgan fingerprint density at radius 3 is 2.38 bits per heavy atom. The van der Waals surface area contributed by atoms with Crippen LogP contribution in [-0.2, 0) is 17.9 Å². The number of anilines is 2. The van der Waals surface area contributed by atoms with E-state index in [2.05, 4.69) is 43.4 Å². The van der Waals surface area contributed by atoms with Crippen LogP contribution in [0.15, 0.2) is 114 Å². The minimum atomic E-state index is -2.14. The zero-order valence-corrected chi connectivity index (χ0v) is 34.1. The van der Waals surface area contributed by atoms with Crippen molar-refractivity contribution in [2.45, 2.75) is 17.9 Å². The molecule has 2 amide bonds. The van der Waals surface area contributed by atoms with Crippen molar-refractivity contribution in [3.05, 3.63) is 141 Å². The van der Waals surface area contributed by atoms with Crippen LogP contribution in [0, 0.1) is 10.1 Å². The third-order valence-corrected chi connectivity index (χ3v) is 11.0. The van der Waals surface area contributed by atoms with Crippen LogP contribution in [0.1, 0.15) is 32.7 Å². The summed E-state index contributed by atoms with van der Waals surface area (Å²) >= 11 is 4.01. The summed E-state index contributed by atoms with van der Waals surface area (Å²) in [6.07, 6.45) is 0.768. The predicted molar refractivity (Wildman–Crippen MR) is 229 cm³/mol. The van der Waals surface area contributed by atoms with Gasteiger partial charge in [0.05, 0.1) is 16.6 Å². The van der Waals surface area contributed by atoms with Gasteiger partial charge in [-0.2, -0.15) is 4.72 Å². The number of benzene rings is 5. The van der Waals surface area contributed by atoms with Gasteiger partial charge in [0.15, 0.2) is 4.90 Å². The molecule has 1 fully saturated rings. The van der Waals surface area contributed by atoms with Crippen LogP contribution in [0.3, 0.4) is 0 Å². The van der Waals surface area contributed by atoms with Gasteiger partial charge in [0, 0.05) is 68.7 Å².